The Bertz CT molecular complexity index is 724. The van der Waals surface area contributed by atoms with Crippen molar-refractivity contribution >= 4 is 5.71 Å². The zero-order chi connectivity index (χ0) is 15.5. The van der Waals surface area contributed by atoms with Crippen molar-refractivity contribution in [2.24, 2.45) is 5.10 Å². The van der Waals surface area contributed by atoms with Crippen molar-refractivity contribution in [3.8, 4) is 5.69 Å². The fourth-order valence-electron chi connectivity index (χ4n) is 2.65. The molecule has 0 amide bonds. The molecule has 1 N–H and O–H groups in total. The van der Waals surface area contributed by atoms with Crippen LogP contribution in [0.5, 0.6) is 0 Å². The molecule has 0 spiro atoms. The molecule has 6 heteroatoms. The number of nitrogens with zero attached hydrogens (tertiary/aromatic N) is 3. The van der Waals surface area contributed by atoms with Gasteiger partial charge >= 0.3 is 0 Å². The van der Waals surface area contributed by atoms with E-state index in [1.807, 2.05) is 49.2 Å². The average Bonchev–Trinajstić information content (AvgIpc) is 2.84. The Morgan fingerprint density at radius 1 is 1.23 bits per heavy atom. The average molecular weight is 300 g/mol. The molecule has 1 saturated heterocycles. The quantitative estimate of drug-likeness (QED) is 0.874. The van der Waals surface area contributed by atoms with Crippen molar-refractivity contribution in [1.82, 2.24) is 14.8 Å². The molecule has 0 atom stereocenters. The first-order chi connectivity index (χ1) is 10.7. The van der Waals surface area contributed by atoms with Crippen LogP contribution >= 0.6 is 0 Å². The summed E-state index contributed by atoms with van der Waals surface area (Å²) in [4.78, 5) is 12.7. The number of aromatic nitrogens is 2. The van der Waals surface area contributed by atoms with Gasteiger partial charge in [0.25, 0.3) is 5.56 Å². The van der Waals surface area contributed by atoms with Crippen LogP contribution in [0.15, 0.2) is 40.2 Å². The molecule has 116 valence electrons. The van der Waals surface area contributed by atoms with Gasteiger partial charge in [-0.1, -0.05) is 18.2 Å². The second kappa shape index (κ2) is 6.19. The molecule has 2 aromatic rings. The summed E-state index contributed by atoms with van der Waals surface area (Å²) in [5.41, 5.74) is 2.94. The summed E-state index contributed by atoms with van der Waals surface area (Å²) >= 11 is 0. The fourth-order valence-corrected chi connectivity index (χ4v) is 2.65. The highest BCUT2D eigenvalue weighted by atomic mass is 16.5. The van der Waals surface area contributed by atoms with Crippen LogP contribution in [-0.2, 0) is 4.74 Å². The predicted molar refractivity (Wildman–Crippen MR) is 85.7 cm³/mol. The summed E-state index contributed by atoms with van der Waals surface area (Å²) in [6.07, 6.45) is 0. The molecule has 6 nitrogen and oxygen atoms in total. The van der Waals surface area contributed by atoms with E-state index in [0.29, 0.717) is 18.8 Å². The molecule has 0 saturated carbocycles. The van der Waals surface area contributed by atoms with Crippen molar-refractivity contribution in [3.05, 3.63) is 51.9 Å². The second-order valence-corrected chi connectivity index (χ2v) is 5.34. The van der Waals surface area contributed by atoms with Crippen molar-refractivity contribution in [2.45, 2.75) is 13.8 Å². The predicted octanol–water partition coefficient (Wildman–Crippen LogP) is 1.53. The van der Waals surface area contributed by atoms with Gasteiger partial charge in [-0.3, -0.25) is 14.9 Å². The number of hydrogen-bond acceptors (Lipinski definition) is 4. The maximum atomic E-state index is 12.7. The maximum Gasteiger partial charge on any atom is 0.280 e. The third-order valence-electron chi connectivity index (χ3n) is 3.73. The zero-order valence-electron chi connectivity index (χ0n) is 12.9. The lowest BCUT2D eigenvalue weighted by molar-refractivity contribution is 0.0393. The van der Waals surface area contributed by atoms with E-state index >= 15 is 0 Å². The lowest BCUT2D eigenvalue weighted by Gasteiger charge is -2.24. The van der Waals surface area contributed by atoms with Crippen LogP contribution in [0.3, 0.4) is 0 Å². The Labute approximate surface area is 129 Å². The normalized spacial score (nSPS) is 16.1. The highest BCUT2D eigenvalue weighted by molar-refractivity contribution is 5.99. The summed E-state index contributed by atoms with van der Waals surface area (Å²) in [6, 6.07) is 9.54. The molecular formula is C16H20N4O2. The Kier molecular flexibility index (Phi) is 4.11. The first-order valence-electron chi connectivity index (χ1n) is 7.42. The van der Waals surface area contributed by atoms with Crippen molar-refractivity contribution < 1.29 is 4.74 Å². The number of morpholine rings is 1. The summed E-state index contributed by atoms with van der Waals surface area (Å²) in [7, 11) is 0. The third kappa shape index (κ3) is 2.82. The van der Waals surface area contributed by atoms with Gasteiger partial charge in [0, 0.05) is 5.69 Å². The highest BCUT2D eigenvalue weighted by Gasteiger charge is 2.16. The van der Waals surface area contributed by atoms with Gasteiger partial charge in [-0.15, -0.1) is 0 Å². The van der Waals surface area contributed by atoms with Gasteiger partial charge in [-0.25, -0.2) is 4.68 Å². The first kappa shape index (κ1) is 14.6. The topological polar surface area (TPSA) is 62.6 Å². The smallest absolute Gasteiger partial charge is 0.280 e. The zero-order valence-corrected chi connectivity index (χ0v) is 12.9. The molecule has 1 fully saturated rings. The lowest BCUT2D eigenvalue weighted by atomic mass is 10.2. The standard InChI is InChI=1S/C16H20N4O2/c1-12(17-19-8-10-22-11-9-19)15-13(2)18-20(16(15)21)14-6-4-3-5-7-14/h3-7,18H,8-11H2,1-2H3/b17-12+. The van der Waals surface area contributed by atoms with E-state index in [1.165, 1.54) is 0 Å². The van der Waals surface area contributed by atoms with E-state index in [4.69, 9.17) is 4.74 Å². The molecule has 0 unspecified atom stereocenters. The number of nitrogens with one attached hydrogen (secondary N) is 1. The number of aryl methyl sites for hydroxylation is 1. The number of rotatable bonds is 3. The number of H-pyrrole nitrogens is 1. The summed E-state index contributed by atoms with van der Waals surface area (Å²) < 4.78 is 6.87. The monoisotopic (exact) mass is 300 g/mol. The van der Waals surface area contributed by atoms with E-state index in [0.717, 1.165) is 30.2 Å². The minimum Gasteiger partial charge on any atom is -0.378 e. The lowest BCUT2D eigenvalue weighted by Crippen LogP contribution is -2.33. The molecular weight excluding hydrogens is 280 g/mol. The van der Waals surface area contributed by atoms with E-state index < -0.39 is 0 Å². The highest BCUT2D eigenvalue weighted by Crippen LogP contribution is 2.09. The molecule has 0 bridgehead atoms. The molecule has 2 heterocycles. The number of benzene rings is 1. The van der Waals surface area contributed by atoms with Crippen LogP contribution in [-0.4, -0.2) is 46.8 Å². The molecule has 0 aliphatic carbocycles. The molecule has 1 aliphatic rings. The number of hydrogen-bond donors (Lipinski definition) is 1. The van der Waals surface area contributed by atoms with Gasteiger partial charge in [-0.05, 0) is 26.0 Å². The largest absolute Gasteiger partial charge is 0.378 e. The van der Waals surface area contributed by atoms with Crippen molar-refractivity contribution in [3.63, 3.8) is 0 Å². The first-order valence-corrected chi connectivity index (χ1v) is 7.42. The van der Waals surface area contributed by atoms with Crippen LogP contribution in [0.4, 0.5) is 0 Å². The molecule has 0 radical (unpaired) electrons. The van der Waals surface area contributed by atoms with E-state index in [-0.39, 0.29) is 5.56 Å². The van der Waals surface area contributed by atoms with Crippen LogP contribution in [0, 0.1) is 6.92 Å². The van der Waals surface area contributed by atoms with Crippen LogP contribution < -0.4 is 5.56 Å². The second-order valence-electron chi connectivity index (χ2n) is 5.34. The molecule has 1 aromatic carbocycles. The van der Waals surface area contributed by atoms with Crippen molar-refractivity contribution in [2.75, 3.05) is 26.3 Å². The molecule has 1 aliphatic heterocycles. The minimum atomic E-state index is -0.0711. The maximum absolute atomic E-state index is 12.7. The molecule has 22 heavy (non-hydrogen) atoms. The number of hydrazone groups is 1. The van der Waals surface area contributed by atoms with Crippen LogP contribution in [0.1, 0.15) is 18.2 Å². The van der Waals surface area contributed by atoms with Gasteiger partial charge in [0.2, 0.25) is 0 Å². The number of ether oxygens (including phenoxy) is 1. The fraction of sp³-hybridized carbons (Fsp3) is 0.375. The molecule has 3 rings (SSSR count). The number of para-hydroxylation sites is 1. The van der Waals surface area contributed by atoms with Gasteiger partial charge in [-0.2, -0.15) is 5.10 Å². The van der Waals surface area contributed by atoms with E-state index in [9.17, 15) is 4.79 Å². The van der Waals surface area contributed by atoms with E-state index in [1.54, 1.807) is 4.68 Å². The van der Waals surface area contributed by atoms with E-state index in [2.05, 4.69) is 10.2 Å². The Morgan fingerprint density at radius 3 is 2.59 bits per heavy atom. The van der Waals surface area contributed by atoms with Gasteiger partial charge < -0.3 is 4.74 Å². The summed E-state index contributed by atoms with van der Waals surface area (Å²) in [6.45, 7) is 6.65. The Hall–Kier alpha value is -2.34. The minimum absolute atomic E-state index is 0.0711. The van der Waals surface area contributed by atoms with Gasteiger partial charge in [0.1, 0.15) is 0 Å². The Balaban J connectivity index is 1.96. The summed E-state index contributed by atoms with van der Waals surface area (Å²) in [5, 5.41) is 9.65. The van der Waals surface area contributed by atoms with Gasteiger partial charge in [0.15, 0.2) is 0 Å². The Morgan fingerprint density at radius 2 is 1.91 bits per heavy atom. The van der Waals surface area contributed by atoms with Crippen LogP contribution in [0.2, 0.25) is 0 Å². The SMILES string of the molecule is C/C(=N\N1CCOCC1)c1c(C)[nH]n(-c2ccccc2)c1=O. The third-order valence-corrected chi connectivity index (χ3v) is 3.73. The van der Waals surface area contributed by atoms with Gasteiger partial charge in [0.05, 0.1) is 43.3 Å². The van der Waals surface area contributed by atoms with Crippen molar-refractivity contribution in [1.29, 1.82) is 0 Å². The summed E-state index contributed by atoms with van der Waals surface area (Å²) in [5.74, 6) is 0. The number of aromatic amines is 1. The molecule has 1 aromatic heterocycles. The van der Waals surface area contributed by atoms with Crippen LogP contribution in [0.25, 0.3) is 5.69 Å².